The fourth-order valence-corrected chi connectivity index (χ4v) is 2.64. The van der Waals surface area contributed by atoms with E-state index in [1.807, 2.05) is 20.9 Å². The number of hydrogen-bond acceptors (Lipinski definition) is 3. The molecule has 128 valence electrons. The maximum atomic E-state index is 5.07. The van der Waals surface area contributed by atoms with Crippen LogP contribution in [0.15, 0.2) is 40.7 Å². The molecule has 0 N–H and O–H groups in total. The summed E-state index contributed by atoms with van der Waals surface area (Å²) < 4.78 is 5.07. The van der Waals surface area contributed by atoms with Gasteiger partial charge < -0.3 is 9.42 Å². The van der Waals surface area contributed by atoms with Crippen molar-refractivity contribution in [3.63, 3.8) is 0 Å². The van der Waals surface area contributed by atoms with E-state index in [1.54, 1.807) is 0 Å². The van der Waals surface area contributed by atoms with Crippen molar-refractivity contribution in [2.75, 3.05) is 7.05 Å². The summed E-state index contributed by atoms with van der Waals surface area (Å²) in [7, 11) is 2.03. The summed E-state index contributed by atoms with van der Waals surface area (Å²) in [5.74, 6) is 0.940. The van der Waals surface area contributed by atoms with E-state index >= 15 is 0 Å². The molecule has 2 heterocycles. The van der Waals surface area contributed by atoms with Crippen LogP contribution in [0.2, 0.25) is 0 Å². The van der Waals surface area contributed by atoms with Crippen molar-refractivity contribution in [3.05, 3.63) is 53.2 Å². The van der Waals surface area contributed by atoms with Crippen molar-refractivity contribution < 1.29 is 4.52 Å². The highest BCUT2D eigenvalue weighted by Gasteiger charge is 2.22. The maximum absolute atomic E-state index is 5.07. The van der Waals surface area contributed by atoms with Crippen LogP contribution in [-0.2, 0) is 5.41 Å². The summed E-state index contributed by atoms with van der Waals surface area (Å²) in [6.45, 7) is 21.0. The van der Waals surface area contributed by atoms with Crippen molar-refractivity contribution in [2.24, 2.45) is 5.41 Å². The van der Waals surface area contributed by atoms with E-state index in [9.17, 15) is 0 Å². The first-order chi connectivity index (χ1) is 10.3. The molecule has 0 bridgehead atoms. The zero-order valence-corrected chi connectivity index (χ0v) is 16.2. The van der Waals surface area contributed by atoms with E-state index in [0.29, 0.717) is 0 Å². The van der Waals surface area contributed by atoms with Gasteiger partial charge in [0.1, 0.15) is 5.76 Å². The maximum Gasteiger partial charge on any atom is 0.137 e. The van der Waals surface area contributed by atoms with Crippen LogP contribution in [-0.4, -0.2) is 17.1 Å². The predicted molar refractivity (Wildman–Crippen MR) is 98.3 cm³/mol. The number of aryl methyl sites for hydroxylation is 2. The van der Waals surface area contributed by atoms with E-state index in [4.69, 9.17) is 4.52 Å². The van der Waals surface area contributed by atoms with Crippen LogP contribution in [0.5, 0.6) is 0 Å². The molecule has 0 aliphatic carbocycles. The standard InChI is InChI=1S/C11H17N.C9H15NO/c1-9-6-7-10(8-12(9)5)11(2,3)4;1-6-8(9(3,4)5)7(2)11-10-6/h6-8H,1H2,2-5H3;1-5H3. The van der Waals surface area contributed by atoms with E-state index in [1.165, 1.54) is 11.1 Å². The molecule has 1 aliphatic heterocycles. The number of nitrogens with zero attached hydrogens (tertiary/aromatic N) is 2. The molecule has 1 aromatic rings. The topological polar surface area (TPSA) is 29.3 Å². The molecule has 0 amide bonds. The largest absolute Gasteiger partial charge is 0.361 e. The van der Waals surface area contributed by atoms with Gasteiger partial charge in [0, 0.05) is 24.5 Å². The lowest BCUT2D eigenvalue weighted by Gasteiger charge is -2.27. The summed E-state index contributed by atoms with van der Waals surface area (Å²) in [6, 6.07) is 0. The van der Waals surface area contributed by atoms with E-state index in [2.05, 4.69) is 76.5 Å². The minimum absolute atomic E-state index is 0.147. The van der Waals surface area contributed by atoms with Crippen LogP contribution >= 0.6 is 0 Å². The first-order valence-corrected chi connectivity index (χ1v) is 8.09. The first kappa shape index (κ1) is 19.3. The molecule has 3 nitrogen and oxygen atoms in total. The summed E-state index contributed by atoms with van der Waals surface area (Å²) in [4.78, 5) is 2.06. The molecule has 0 fully saturated rings. The zero-order chi connectivity index (χ0) is 18.0. The lowest BCUT2D eigenvalue weighted by Crippen LogP contribution is -2.17. The van der Waals surface area contributed by atoms with Crippen LogP contribution in [0.1, 0.15) is 58.6 Å². The molecule has 0 saturated heterocycles. The van der Waals surface area contributed by atoms with E-state index in [0.717, 1.165) is 17.2 Å². The highest BCUT2D eigenvalue weighted by molar-refractivity contribution is 5.35. The second kappa shape index (κ2) is 6.77. The molecule has 0 unspecified atom stereocenters. The number of allylic oxidation sites excluding steroid dienone is 3. The highest BCUT2D eigenvalue weighted by atomic mass is 16.5. The summed E-state index contributed by atoms with van der Waals surface area (Å²) >= 11 is 0. The Kier molecular flexibility index (Phi) is 5.68. The minimum atomic E-state index is 0.147. The van der Waals surface area contributed by atoms with Gasteiger partial charge in [-0.25, -0.2) is 0 Å². The molecule has 3 heteroatoms. The summed E-state index contributed by atoms with van der Waals surface area (Å²) in [5.41, 5.74) is 5.01. The van der Waals surface area contributed by atoms with Gasteiger partial charge in [-0.1, -0.05) is 59.4 Å². The predicted octanol–water partition coefficient (Wildman–Crippen LogP) is 5.52. The molecule has 0 saturated carbocycles. The molecular weight excluding hydrogens is 284 g/mol. The van der Waals surface area contributed by atoms with Gasteiger partial charge in [-0.05, 0) is 36.3 Å². The van der Waals surface area contributed by atoms with Crippen LogP contribution in [0, 0.1) is 19.3 Å². The lowest BCUT2D eigenvalue weighted by molar-refractivity contribution is 0.389. The zero-order valence-electron chi connectivity index (χ0n) is 16.2. The van der Waals surface area contributed by atoms with Crippen molar-refractivity contribution >= 4 is 0 Å². The Labute approximate surface area is 141 Å². The van der Waals surface area contributed by atoms with E-state index in [-0.39, 0.29) is 10.8 Å². The van der Waals surface area contributed by atoms with Gasteiger partial charge in [-0.3, -0.25) is 0 Å². The molecule has 0 atom stereocenters. The van der Waals surface area contributed by atoms with Crippen molar-refractivity contribution in [1.29, 1.82) is 0 Å². The third kappa shape index (κ3) is 5.12. The normalized spacial score (nSPS) is 15.3. The van der Waals surface area contributed by atoms with Gasteiger partial charge in [0.05, 0.1) is 5.69 Å². The van der Waals surface area contributed by atoms with Gasteiger partial charge in [-0.15, -0.1) is 0 Å². The molecule has 23 heavy (non-hydrogen) atoms. The van der Waals surface area contributed by atoms with Crippen molar-refractivity contribution in [2.45, 2.75) is 60.8 Å². The Morgan fingerprint density at radius 2 is 1.57 bits per heavy atom. The van der Waals surface area contributed by atoms with Crippen LogP contribution in [0.25, 0.3) is 0 Å². The van der Waals surface area contributed by atoms with Crippen LogP contribution < -0.4 is 0 Å². The Morgan fingerprint density at radius 1 is 1.00 bits per heavy atom. The van der Waals surface area contributed by atoms with Crippen LogP contribution in [0.3, 0.4) is 0 Å². The quantitative estimate of drug-likeness (QED) is 0.631. The monoisotopic (exact) mass is 316 g/mol. The van der Waals surface area contributed by atoms with Gasteiger partial charge in [0.2, 0.25) is 0 Å². The summed E-state index contributed by atoms with van der Waals surface area (Å²) in [6.07, 6.45) is 6.34. The third-order valence-corrected chi connectivity index (χ3v) is 3.89. The second-order valence-corrected chi connectivity index (χ2v) is 8.22. The fraction of sp³-hybridized carbons (Fsp3) is 0.550. The number of rotatable bonds is 0. The van der Waals surface area contributed by atoms with Gasteiger partial charge in [-0.2, -0.15) is 0 Å². The Hall–Kier alpha value is -1.77. The van der Waals surface area contributed by atoms with Gasteiger partial charge in [0.25, 0.3) is 0 Å². The average molecular weight is 316 g/mol. The molecule has 0 aromatic carbocycles. The minimum Gasteiger partial charge on any atom is -0.361 e. The van der Waals surface area contributed by atoms with Crippen molar-refractivity contribution in [3.8, 4) is 0 Å². The average Bonchev–Trinajstić information content (AvgIpc) is 2.71. The Bertz CT molecular complexity index is 600. The van der Waals surface area contributed by atoms with Crippen LogP contribution in [0.4, 0.5) is 0 Å². The lowest BCUT2D eigenvalue weighted by atomic mass is 9.86. The molecular formula is C20H32N2O. The first-order valence-electron chi connectivity index (χ1n) is 8.09. The number of hydrogen-bond donors (Lipinski definition) is 0. The molecule has 2 rings (SSSR count). The number of aromatic nitrogens is 1. The highest BCUT2D eigenvalue weighted by Crippen LogP contribution is 2.30. The van der Waals surface area contributed by atoms with E-state index < -0.39 is 0 Å². The van der Waals surface area contributed by atoms with Crippen molar-refractivity contribution in [1.82, 2.24) is 10.1 Å². The molecule has 0 radical (unpaired) electrons. The SMILES string of the molecule is C=C1C=CC(C(C)(C)C)=CN1C.Cc1noc(C)c1C(C)(C)C. The molecule has 0 spiro atoms. The fourth-order valence-electron chi connectivity index (χ4n) is 2.64. The molecule has 1 aliphatic rings. The smallest absolute Gasteiger partial charge is 0.137 e. The van der Waals surface area contributed by atoms with Gasteiger partial charge in [0.15, 0.2) is 0 Å². The van der Waals surface area contributed by atoms with Gasteiger partial charge >= 0.3 is 0 Å². The number of likely N-dealkylation sites (N-methyl/N-ethyl adjacent to an activating group) is 1. The summed E-state index contributed by atoms with van der Waals surface area (Å²) in [5, 5.41) is 3.91. The second-order valence-electron chi connectivity index (χ2n) is 8.22. The third-order valence-electron chi connectivity index (χ3n) is 3.89. The molecule has 1 aromatic heterocycles. The Morgan fingerprint density at radius 3 is 1.87 bits per heavy atom. The Balaban J connectivity index is 0.000000231.